The highest BCUT2D eigenvalue weighted by molar-refractivity contribution is 5.90. The van der Waals surface area contributed by atoms with Gasteiger partial charge in [0.05, 0.1) is 0 Å². The lowest BCUT2D eigenvalue weighted by molar-refractivity contribution is -0.116. The molecule has 0 aliphatic rings. The van der Waals surface area contributed by atoms with Crippen LogP contribution in [0.15, 0.2) is 24.3 Å². The van der Waals surface area contributed by atoms with Crippen LogP contribution in [0.2, 0.25) is 0 Å². The molecule has 0 atom stereocenters. The Labute approximate surface area is 103 Å². The first kappa shape index (κ1) is 13.3. The number of carbonyl (C=O) groups is 1. The highest BCUT2D eigenvalue weighted by Gasteiger charge is 2.12. The summed E-state index contributed by atoms with van der Waals surface area (Å²) >= 11 is 0. The molecule has 0 radical (unpaired) electrons. The fourth-order valence-corrected chi connectivity index (χ4v) is 1.46. The number of carbonyl (C=O) groups excluding carboxylic acids is 1. The highest BCUT2D eigenvalue weighted by atomic mass is 16.1. The lowest BCUT2D eigenvalue weighted by atomic mass is 9.87. The summed E-state index contributed by atoms with van der Waals surface area (Å²) in [5, 5.41) is 2.82. The Morgan fingerprint density at radius 1 is 1.29 bits per heavy atom. The Morgan fingerprint density at radius 2 is 1.88 bits per heavy atom. The molecule has 17 heavy (non-hydrogen) atoms. The molecule has 2 nitrogen and oxygen atoms in total. The second-order valence-corrected chi connectivity index (χ2v) is 5.08. The monoisotopic (exact) mass is 229 g/mol. The molecule has 1 N–H and O–H groups in total. The first-order valence-corrected chi connectivity index (χ1v) is 5.77. The van der Waals surface area contributed by atoms with Crippen molar-refractivity contribution >= 4 is 11.6 Å². The van der Waals surface area contributed by atoms with Crippen molar-refractivity contribution in [2.75, 3.05) is 5.32 Å². The van der Waals surface area contributed by atoms with Gasteiger partial charge in [-0.1, -0.05) is 32.9 Å². The van der Waals surface area contributed by atoms with E-state index < -0.39 is 0 Å². The summed E-state index contributed by atoms with van der Waals surface area (Å²) in [7, 11) is 0. The van der Waals surface area contributed by atoms with Crippen molar-refractivity contribution in [1.82, 2.24) is 0 Å². The third kappa shape index (κ3) is 4.32. The van der Waals surface area contributed by atoms with Crippen LogP contribution in [0.1, 0.15) is 39.2 Å². The molecule has 0 fully saturated rings. The van der Waals surface area contributed by atoms with Gasteiger partial charge in [0.25, 0.3) is 0 Å². The molecule has 90 valence electrons. The topological polar surface area (TPSA) is 29.1 Å². The number of hydrogen-bond acceptors (Lipinski definition) is 1. The van der Waals surface area contributed by atoms with E-state index in [0.717, 1.165) is 5.69 Å². The van der Waals surface area contributed by atoms with Gasteiger partial charge in [-0.3, -0.25) is 4.79 Å². The number of rotatable bonds is 3. The molecule has 1 aromatic rings. The van der Waals surface area contributed by atoms with Crippen molar-refractivity contribution < 1.29 is 4.79 Å². The van der Waals surface area contributed by atoms with Crippen LogP contribution in [-0.4, -0.2) is 5.91 Å². The van der Waals surface area contributed by atoms with Crippen molar-refractivity contribution in [3.8, 4) is 12.3 Å². The zero-order valence-electron chi connectivity index (χ0n) is 10.7. The van der Waals surface area contributed by atoms with Crippen LogP contribution in [0.25, 0.3) is 0 Å². The van der Waals surface area contributed by atoms with Crippen LogP contribution in [0.4, 0.5) is 5.69 Å². The van der Waals surface area contributed by atoms with Gasteiger partial charge in [-0.05, 0) is 23.1 Å². The van der Waals surface area contributed by atoms with Gasteiger partial charge >= 0.3 is 0 Å². The van der Waals surface area contributed by atoms with Crippen LogP contribution in [-0.2, 0) is 10.2 Å². The van der Waals surface area contributed by atoms with Crippen LogP contribution < -0.4 is 5.32 Å². The van der Waals surface area contributed by atoms with Gasteiger partial charge in [0.1, 0.15) is 0 Å². The number of anilines is 1. The molecular formula is C15H19NO. The van der Waals surface area contributed by atoms with Crippen molar-refractivity contribution in [2.24, 2.45) is 0 Å². The van der Waals surface area contributed by atoms with Crippen LogP contribution in [0.3, 0.4) is 0 Å². The van der Waals surface area contributed by atoms with Crippen LogP contribution in [0, 0.1) is 12.3 Å². The predicted molar refractivity (Wildman–Crippen MR) is 71.8 cm³/mol. The van der Waals surface area contributed by atoms with Crippen LogP contribution in [0.5, 0.6) is 0 Å². The SMILES string of the molecule is C#CCCC(=O)Nc1ccc(C(C)(C)C)cc1. The van der Waals surface area contributed by atoms with Gasteiger partial charge in [0.2, 0.25) is 5.91 Å². The Morgan fingerprint density at radius 3 is 2.35 bits per heavy atom. The Bertz CT molecular complexity index is 418. The van der Waals surface area contributed by atoms with Gasteiger partial charge < -0.3 is 5.32 Å². The molecule has 1 rings (SSSR count). The highest BCUT2D eigenvalue weighted by Crippen LogP contribution is 2.23. The molecule has 0 aliphatic heterocycles. The van der Waals surface area contributed by atoms with Crippen molar-refractivity contribution in [2.45, 2.75) is 39.0 Å². The second-order valence-electron chi connectivity index (χ2n) is 5.08. The van der Waals surface area contributed by atoms with Gasteiger partial charge in [0, 0.05) is 18.5 Å². The van der Waals surface area contributed by atoms with E-state index in [2.05, 4.69) is 32.0 Å². The number of nitrogens with one attached hydrogen (secondary N) is 1. The molecule has 0 aromatic heterocycles. The summed E-state index contributed by atoms with van der Waals surface area (Å²) < 4.78 is 0. The number of terminal acetylenes is 1. The number of benzene rings is 1. The average molecular weight is 229 g/mol. The normalized spacial score (nSPS) is 10.7. The van der Waals surface area contributed by atoms with E-state index >= 15 is 0 Å². The molecule has 0 unspecified atom stereocenters. The Balaban J connectivity index is 2.63. The molecule has 0 heterocycles. The summed E-state index contributed by atoms with van der Waals surface area (Å²) in [6, 6.07) is 7.93. The minimum absolute atomic E-state index is 0.0357. The number of hydrogen-bond donors (Lipinski definition) is 1. The predicted octanol–water partition coefficient (Wildman–Crippen LogP) is 3.34. The molecule has 0 saturated heterocycles. The maximum Gasteiger partial charge on any atom is 0.225 e. The maximum atomic E-state index is 11.4. The summed E-state index contributed by atoms with van der Waals surface area (Å²) in [5.74, 6) is 2.42. The van der Waals surface area contributed by atoms with E-state index in [1.807, 2.05) is 24.3 Å². The van der Waals surface area contributed by atoms with Gasteiger partial charge in [0.15, 0.2) is 0 Å². The van der Waals surface area contributed by atoms with Crippen molar-refractivity contribution in [3.05, 3.63) is 29.8 Å². The smallest absolute Gasteiger partial charge is 0.225 e. The maximum absolute atomic E-state index is 11.4. The molecule has 2 heteroatoms. The van der Waals surface area contributed by atoms with Crippen molar-refractivity contribution in [1.29, 1.82) is 0 Å². The molecule has 1 aromatic carbocycles. The Kier molecular flexibility index (Phi) is 4.34. The minimum Gasteiger partial charge on any atom is -0.326 e. The standard InChI is InChI=1S/C15H19NO/c1-5-6-7-14(17)16-13-10-8-12(9-11-13)15(2,3)4/h1,8-11H,6-7H2,2-4H3,(H,16,17). The van der Waals surface area contributed by atoms with E-state index in [1.54, 1.807) is 0 Å². The first-order chi connectivity index (χ1) is 7.93. The molecule has 0 aliphatic carbocycles. The molecular weight excluding hydrogens is 210 g/mol. The third-order valence-electron chi connectivity index (χ3n) is 2.53. The quantitative estimate of drug-likeness (QED) is 0.791. The largest absolute Gasteiger partial charge is 0.326 e. The molecule has 1 amide bonds. The first-order valence-electron chi connectivity index (χ1n) is 5.77. The molecule has 0 spiro atoms. The van der Waals surface area contributed by atoms with Crippen LogP contribution >= 0.6 is 0 Å². The van der Waals surface area contributed by atoms with E-state index in [9.17, 15) is 4.79 Å². The van der Waals surface area contributed by atoms with E-state index in [0.29, 0.717) is 12.8 Å². The summed E-state index contributed by atoms with van der Waals surface area (Å²) in [6.45, 7) is 6.48. The van der Waals surface area contributed by atoms with Gasteiger partial charge in [-0.25, -0.2) is 0 Å². The van der Waals surface area contributed by atoms with Crippen molar-refractivity contribution in [3.63, 3.8) is 0 Å². The Hall–Kier alpha value is -1.75. The van der Waals surface area contributed by atoms with E-state index in [-0.39, 0.29) is 11.3 Å². The average Bonchev–Trinajstić information content (AvgIpc) is 2.26. The summed E-state index contributed by atoms with van der Waals surface area (Å²) in [5.41, 5.74) is 2.20. The lowest BCUT2D eigenvalue weighted by Crippen LogP contribution is -2.13. The molecule has 0 saturated carbocycles. The molecule has 0 bridgehead atoms. The summed E-state index contributed by atoms with van der Waals surface area (Å²) in [4.78, 5) is 11.4. The summed E-state index contributed by atoms with van der Waals surface area (Å²) in [6.07, 6.45) is 5.96. The van der Waals surface area contributed by atoms with Gasteiger partial charge in [-0.2, -0.15) is 0 Å². The van der Waals surface area contributed by atoms with E-state index in [1.165, 1.54) is 5.56 Å². The zero-order chi connectivity index (χ0) is 12.9. The zero-order valence-corrected chi connectivity index (χ0v) is 10.7. The second kappa shape index (κ2) is 5.54. The van der Waals surface area contributed by atoms with Gasteiger partial charge in [-0.15, -0.1) is 12.3 Å². The third-order valence-corrected chi connectivity index (χ3v) is 2.53. The fourth-order valence-electron chi connectivity index (χ4n) is 1.46. The lowest BCUT2D eigenvalue weighted by Gasteiger charge is -2.19. The van der Waals surface area contributed by atoms with E-state index in [4.69, 9.17) is 6.42 Å². The number of amides is 1. The minimum atomic E-state index is -0.0357. The fraction of sp³-hybridized carbons (Fsp3) is 0.400.